The van der Waals surface area contributed by atoms with Crippen LogP contribution < -0.4 is 5.32 Å². The lowest BCUT2D eigenvalue weighted by Crippen LogP contribution is -2.28. The van der Waals surface area contributed by atoms with Crippen LogP contribution in [0.5, 0.6) is 0 Å². The normalized spacial score (nSPS) is 22.8. The number of thiophene rings is 1. The lowest BCUT2D eigenvalue weighted by atomic mass is 10.0. The second kappa shape index (κ2) is 5.13. The third kappa shape index (κ3) is 3.48. The standard InChI is InChI=1S/C14H21NO3S/c1-8-6-10-11(7-19-12(10)9(2)17-8)15-13(16)18-14(3,4)5/h7-9H,6H2,1-5H3,(H,15,16). The summed E-state index contributed by atoms with van der Waals surface area (Å²) in [7, 11) is 0. The van der Waals surface area contributed by atoms with Crippen molar-refractivity contribution in [2.75, 3.05) is 5.32 Å². The molecule has 0 radical (unpaired) electrons. The van der Waals surface area contributed by atoms with E-state index in [1.165, 1.54) is 10.4 Å². The van der Waals surface area contributed by atoms with Crippen LogP contribution in [0.3, 0.4) is 0 Å². The molecule has 1 aromatic heterocycles. The van der Waals surface area contributed by atoms with E-state index < -0.39 is 11.7 Å². The maximum atomic E-state index is 11.8. The molecule has 0 saturated carbocycles. The summed E-state index contributed by atoms with van der Waals surface area (Å²) in [5.41, 5.74) is 1.56. The van der Waals surface area contributed by atoms with Crippen LogP contribution in [0.1, 0.15) is 51.2 Å². The van der Waals surface area contributed by atoms with Gasteiger partial charge in [0.05, 0.1) is 17.9 Å². The van der Waals surface area contributed by atoms with E-state index in [1.807, 2.05) is 40.0 Å². The molecule has 4 nitrogen and oxygen atoms in total. The fourth-order valence-corrected chi connectivity index (χ4v) is 3.24. The maximum Gasteiger partial charge on any atom is 0.412 e. The highest BCUT2D eigenvalue weighted by atomic mass is 32.1. The summed E-state index contributed by atoms with van der Waals surface area (Å²) in [6.07, 6.45) is 0.697. The molecule has 2 unspecified atom stereocenters. The lowest BCUT2D eigenvalue weighted by molar-refractivity contribution is -0.00202. The Kier molecular flexibility index (Phi) is 3.87. The van der Waals surface area contributed by atoms with E-state index in [0.29, 0.717) is 0 Å². The van der Waals surface area contributed by atoms with E-state index in [-0.39, 0.29) is 12.2 Å². The highest BCUT2D eigenvalue weighted by molar-refractivity contribution is 7.10. The van der Waals surface area contributed by atoms with Gasteiger partial charge in [0.1, 0.15) is 5.60 Å². The molecular weight excluding hydrogens is 262 g/mol. The van der Waals surface area contributed by atoms with Crippen molar-refractivity contribution in [3.63, 3.8) is 0 Å². The largest absolute Gasteiger partial charge is 0.444 e. The molecule has 1 aliphatic rings. The Bertz CT molecular complexity index is 476. The van der Waals surface area contributed by atoms with Gasteiger partial charge in [-0.2, -0.15) is 0 Å². The molecule has 106 valence electrons. The Balaban J connectivity index is 2.13. The number of amides is 1. The summed E-state index contributed by atoms with van der Waals surface area (Å²) >= 11 is 1.63. The van der Waals surface area contributed by atoms with Crippen molar-refractivity contribution in [2.24, 2.45) is 0 Å². The van der Waals surface area contributed by atoms with Crippen molar-refractivity contribution < 1.29 is 14.3 Å². The van der Waals surface area contributed by atoms with Crippen molar-refractivity contribution >= 4 is 23.1 Å². The Morgan fingerprint density at radius 3 is 2.79 bits per heavy atom. The van der Waals surface area contributed by atoms with Crippen LogP contribution in [0.4, 0.5) is 10.5 Å². The lowest BCUT2D eigenvalue weighted by Gasteiger charge is -2.26. The zero-order valence-corrected chi connectivity index (χ0v) is 12.9. The minimum absolute atomic E-state index is 0.0953. The number of rotatable bonds is 1. The molecule has 0 aromatic carbocycles. The van der Waals surface area contributed by atoms with E-state index in [9.17, 15) is 4.79 Å². The molecule has 2 rings (SSSR count). The van der Waals surface area contributed by atoms with Crippen molar-refractivity contribution in [3.05, 3.63) is 15.8 Å². The van der Waals surface area contributed by atoms with Crippen molar-refractivity contribution in [2.45, 2.75) is 58.8 Å². The minimum Gasteiger partial charge on any atom is -0.444 e. The van der Waals surface area contributed by atoms with Crippen LogP contribution in [0.25, 0.3) is 0 Å². The van der Waals surface area contributed by atoms with Crippen LogP contribution >= 0.6 is 11.3 Å². The van der Waals surface area contributed by atoms with Crippen LogP contribution in [0.2, 0.25) is 0 Å². The van der Waals surface area contributed by atoms with Crippen LogP contribution in [0.15, 0.2) is 5.38 Å². The Labute approximate surface area is 118 Å². The Morgan fingerprint density at radius 2 is 2.16 bits per heavy atom. The van der Waals surface area contributed by atoms with Gasteiger partial charge in [-0.15, -0.1) is 11.3 Å². The third-order valence-corrected chi connectivity index (χ3v) is 4.04. The smallest absolute Gasteiger partial charge is 0.412 e. The first-order valence-corrected chi connectivity index (χ1v) is 7.40. The van der Waals surface area contributed by atoms with Crippen molar-refractivity contribution in [1.82, 2.24) is 0 Å². The number of hydrogen-bond donors (Lipinski definition) is 1. The molecule has 0 bridgehead atoms. The quantitative estimate of drug-likeness (QED) is 0.843. The first kappa shape index (κ1) is 14.3. The van der Waals surface area contributed by atoms with Crippen LogP contribution in [-0.4, -0.2) is 17.8 Å². The van der Waals surface area contributed by atoms with Crippen LogP contribution in [0, 0.1) is 0 Å². The first-order chi connectivity index (χ1) is 8.76. The summed E-state index contributed by atoms with van der Waals surface area (Å²) in [5.74, 6) is 0. The van der Waals surface area contributed by atoms with Gasteiger partial charge in [-0.1, -0.05) is 0 Å². The zero-order valence-electron chi connectivity index (χ0n) is 12.1. The zero-order chi connectivity index (χ0) is 14.2. The fourth-order valence-electron chi connectivity index (χ4n) is 2.21. The van der Waals surface area contributed by atoms with Gasteiger partial charge in [0.25, 0.3) is 0 Å². The average molecular weight is 283 g/mol. The first-order valence-electron chi connectivity index (χ1n) is 6.52. The van der Waals surface area contributed by atoms with E-state index in [4.69, 9.17) is 9.47 Å². The van der Waals surface area contributed by atoms with Crippen molar-refractivity contribution in [1.29, 1.82) is 0 Å². The summed E-state index contributed by atoms with van der Waals surface area (Å²) in [5, 5.41) is 4.81. The second-order valence-corrected chi connectivity index (χ2v) is 6.82. The third-order valence-electron chi connectivity index (χ3n) is 2.86. The molecule has 5 heteroatoms. The summed E-state index contributed by atoms with van der Waals surface area (Å²) in [4.78, 5) is 13.0. The number of anilines is 1. The molecule has 19 heavy (non-hydrogen) atoms. The molecule has 0 fully saturated rings. The van der Waals surface area contributed by atoms with Gasteiger partial charge in [0.2, 0.25) is 0 Å². The van der Waals surface area contributed by atoms with Gasteiger partial charge in [-0.3, -0.25) is 5.32 Å². The van der Waals surface area contributed by atoms with E-state index >= 15 is 0 Å². The summed E-state index contributed by atoms with van der Waals surface area (Å²) < 4.78 is 11.1. The molecule has 0 aliphatic carbocycles. The number of hydrogen-bond acceptors (Lipinski definition) is 4. The van der Waals surface area contributed by atoms with Crippen LogP contribution in [-0.2, 0) is 15.9 Å². The molecule has 0 spiro atoms. The Hall–Kier alpha value is -1.07. The molecule has 1 aromatic rings. The number of carbonyl (C=O) groups excluding carboxylic acids is 1. The summed E-state index contributed by atoms with van der Waals surface area (Å²) in [6.45, 7) is 9.66. The minimum atomic E-state index is -0.482. The summed E-state index contributed by atoms with van der Waals surface area (Å²) in [6, 6.07) is 0. The highest BCUT2D eigenvalue weighted by Gasteiger charge is 2.27. The number of carbonyl (C=O) groups is 1. The van der Waals surface area contributed by atoms with Gasteiger partial charge in [0.15, 0.2) is 0 Å². The second-order valence-electron chi connectivity index (χ2n) is 5.91. The number of nitrogens with one attached hydrogen (secondary N) is 1. The predicted molar refractivity (Wildman–Crippen MR) is 76.8 cm³/mol. The molecule has 1 aliphatic heterocycles. The van der Waals surface area contributed by atoms with E-state index in [1.54, 1.807) is 11.3 Å². The monoisotopic (exact) mass is 283 g/mol. The van der Waals surface area contributed by atoms with Crippen molar-refractivity contribution in [3.8, 4) is 0 Å². The van der Waals surface area contributed by atoms with Gasteiger partial charge >= 0.3 is 6.09 Å². The average Bonchev–Trinajstić information content (AvgIpc) is 2.58. The molecule has 0 saturated heterocycles. The fraction of sp³-hybridized carbons (Fsp3) is 0.643. The molecule has 2 atom stereocenters. The SMILES string of the molecule is CC1Cc2c(NC(=O)OC(C)(C)C)csc2C(C)O1. The molecule has 1 amide bonds. The Morgan fingerprint density at radius 1 is 1.47 bits per heavy atom. The predicted octanol–water partition coefficient (Wildman–Crippen LogP) is 4.12. The van der Waals surface area contributed by atoms with Gasteiger partial charge in [-0.25, -0.2) is 4.79 Å². The molecule has 2 heterocycles. The number of ether oxygens (including phenoxy) is 2. The van der Waals surface area contributed by atoms with Gasteiger partial charge in [-0.05, 0) is 40.2 Å². The molecular formula is C14H21NO3S. The maximum absolute atomic E-state index is 11.8. The van der Waals surface area contributed by atoms with Gasteiger partial charge in [0, 0.05) is 16.7 Å². The number of fused-ring (bicyclic) bond motifs is 1. The highest BCUT2D eigenvalue weighted by Crippen LogP contribution is 2.39. The topological polar surface area (TPSA) is 47.6 Å². The van der Waals surface area contributed by atoms with E-state index in [2.05, 4.69) is 5.32 Å². The van der Waals surface area contributed by atoms with Gasteiger partial charge < -0.3 is 9.47 Å². The van der Waals surface area contributed by atoms with E-state index in [0.717, 1.165) is 12.1 Å². The molecule has 1 N–H and O–H groups in total.